The van der Waals surface area contributed by atoms with Crippen LogP contribution >= 0.6 is 0 Å². The van der Waals surface area contributed by atoms with Gasteiger partial charge in [0.05, 0.1) is 11.4 Å². The number of rotatable bonds is 2. The Bertz CT molecular complexity index is 857. The molecule has 94 valence electrons. The van der Waals surface area contributed by atoms with Gasteiger partial charge in [0, 0.05) is 21.9 Å². The quantitative estimate of drug-likeness (QED) is 0.764. The predicted molar refractivity (Wildman–Crippen MR) is 70.1 cm³/mol. The standard InChI is InChI=1S/C14H11N3O2/c1-9-7-12-15-13(10-5-3-2-4-6-10)11(14(18)19)8-17(12)16-9/h2-8H,1H3,(H,18,19)/i1D3. The third-order valence-corrected chi connectivity index (χ3v) is 2.73. The van der Waals surface area contributed by atoms with E-state index in [0.29, 0.717) is 5.56 Å². The number of carboxylic acids is 1. The molecule has 1 N–H and O–H groups in total. The Balaban J connectivity index is 2.27. The molecule has 0 saturated heterocycles. The summed E-state index contributed by atoms with van der Waals surface area (Å²) in [5, 5.41) is 13.3. The molecule has 0 saturated carbocycles. The Morgan fingerprint density at radius 1 is 1.37 bits per heavy atom. The van der Waals surface area contributed by atoms with Crippen LogP contribution in [0.5, 0.6) is 0 Å². The minimum atomic E-state index is -2.37. The van der Waals surface area contributed by atoms with Gasteiger partial charge < -0.3 is 5.11 Å². The summed E-state index contributed by atoms with van der Waals surface area (Å²) >= 11 is 0. The number of carbonyl (C=O) groups is 1. The van der Waals surface area contributed by atoms with Crippen molar-refractivity contribution in [3.63, 3.8) is 0 Å². The number of benzene rings is 1. The van der Waals surface area contributed by atoms with Gasteiger partial charge in [0.1, 0.15) is 5.56 Å². The highest BCUT2D eigenvalue weighted by molar-refractivity contribution is 5.94. The molecule has 19 heavy (non-hydrogen) atoms. The molecule has 3 aromatic rings. The number of hydrogen-bond donors (Lipinski definition) is 1. The zero-order chi connectivity index (χ0) is 15.9. The first-order valence-corrected chi connectivity index (χ1v) is 5.56. The van der Waals surface area contributed by atoms with Crippen molar-refractivity contribution in [1.29, 1.82) is 0 Å². The van der Waals surface area contributed by atoms with Crippen LogP contribution in [0.1, 0.15) is 20.2 Å². The van der Waals surface area contributed by atoms with Gasteiger partial charge in [-0.15, -0.1) is 0 Å². The van der Waals surface area contributed by atoms with Crippen molar-refractivity contribution in [2.24, 2.45) is 0 Å². The van der Waals surface area contributed by atoms with Crippen LogP contribution in [0.3, 0.4) is 0 Å². The highest BCUT2D eigenvalue weighted by atomic mass is 16.4. The first-order chi connectivity index (χ1) is 10.4. The Morgan fingerprint density at radius 3 is 2.84 bits per heavy atom. The maximum absolute atomic E-state index is 11.5. The molecule has 0 bridgehead atoms. The van der Waals surface area contributed by atoms with E-state index in [1.807, 2.05) is 6.07 Å². The summed E-state index contributed by atoms with van der Waals surface area (Å²) in [7, 11) is 0. The van der Waals surface area contributed by atoms with Crippen LogP contribution < -0.4 is 0 Å². The van der Waals surface area contributed by atoms with Crippen LogP contribution in [-0.2, 0) is 0 Å². The molecule has 0 spiro atoms. The van der Waals surface area contributed by atoms with Gasteiger partial charge in [-0.2, -0.15) is 5.10 Å². The van der Waals surface area contributed by atoms with Crippen molar-refractivity contribution >= 4 is 11.6 Å². The summed E-state index contributed by atoms with van der Waals surface area (Å²) < 4.78 is 23.3. The van der Waals surface area contributed by atoms with Gasteiger partial charge in [-0.1, -0.05) is 30.3 Å². The van der Waals surface area contributed by atoms with E-state index in [4.69, 9.17) is 4.11 Å². The zero-order valence-corrected chi connectivity index (χ0v) is 9.74. The molecule has 0 aliphatic heterocycles. The third kappa shape index (κ3) is 1.95. The Labute approximate surface area is 113 Å². The Morgan fingerprint density at radius 2 is 2.16 bits per heavy atom. The van der Waals surface area contributed by atoms with Gasteiger partial charge in [-0.05, 0) is 6.85 Å². The highest BCUT2D eigenvalue weighted by Crippen LogP contribution is 2.22. The van der Waals surface area contributed by atoms with E-state index in [1.54, 1.807) is 24.3 Å². The predicted octanol–water partition coefficient (Wildman–Crippen LogP) is 2.40. The smallest absolute Gasteiger partial charge is 0.339 e. The molecule has 5 heteroatoms. The second-order valence-corrected chi connectivity index (χ2v) is 4.01. The van der Waals surface area contributed by atoms with Crippen LogP contribution in [0.25, 0.3) is 16.9 Å². The summed E-state index contributed by atoms with van der Waals surface area (Å²) in [6, 6.07) is 10.2. The number of nitrogens with zero attached hydrogens (tertiary/aromatic N) is 3. The largest absolute Gasteiger partial charge is 0.478 e. The van der Waals surface area contributed by atoms with Crippen molar-refractivity contribution in [2.75, 3.05) is 0 Å². The van der Waals surface area contributed by atoms with Gasteiger partial charge in [-0.25, -0.2) is 14.3 Å². The molecule has 0 amide bonds. The van der Waals surface area contributed by atoms with E-state index in [1.165, 1.54) is 16.8 Å². The van der Waals surface area contributed by atoms with Gasteiger partial charge in [-0.3, -0.25) is 0 Å². The zero-order valence-electron chi connectivity index (χ0n) is 12.7. The lowest BCUT2D eigenvalue weighted by molar-refractivity contribution is 0.0696. The molecule has 2 aromatic heterocycles. The number of aromatic nitrogens is 3. The molecule has 0 atom stereocenters. The van der Waals surface area contributed by atoms with Gasteiger partial charge in [0.25, 0.3) is 0 Å². The first-order valence-electron chi connectivity index (χ1n) is 7.06. The minimum absolute atomic E-state index is 0.0427. The lowest BCUT2D eigenvalue weighted by Crippen LogP contribution is -2.05. The van der Waals surface area contributed by atoms with Gasteiger partial charge >= 0.3 is 5.97 Å². The van der Waals surface area contributed by atoms with Gasteiger partial charge in [0.15, 0.2) is 5.65 Å². The van der Waals surface area contributed by atoms with Crippen molar-refractivity contribution in [1.82, 2.24) is 14.6 Å². The van der Waals surface area contributed by atoms with Crippen LogP contribution in [0, 0.1) is 6.85 Å². The number of fused-ring (bicyclic) bond motifs is 1. The fourth-order valence-electron chi connectivity index (χ4n) is 1.89. The molecular formula is C14H11N3O2. The van der Waals surface area contributed by atoms with Crippen molar-refractivity contribution in [2.45, 2.75) is 6.85 Å². The number of aryl methyl sites for hydroxylation is 1. The summed E-state index contributed by atoms with van der Waals surface area (Å²) in [5.74, 6) is -1.15. The summed E-state index contributed by atoms with van der Waals surface area (Å²) in [5.41, 5.74) is 1.03. The molecule has 3 rings (SSSR count). The van der Waals surface area contributed by atoms with E-state index < -0.39 is 12.8 Å². The lowest BCUT2D eigenvalue weighted by Gasteiger charge is -2.06. The molecule has 0 fully saturated rings. The molecule has 0 aliphatic rings. The lowest BCUT2D eigenvalue weighted by atomic mass is 10.1. The van der Waals surface area contributed by atoms with Crippen LogP contribution in [0.2, 0.25) is 0 Å². The van der Waals surface area contributed by atoms with E-state index >= 15 is 0 Å². The average molecular weight is 256 g/mol. The van der Waals surface area contributed by atoms with E-state index in [-0.39, 0.29) is 22.6 Å². The maximum atomic E-state index is 11.5. The molecule has 2 heterocycles. The van der Waals surface area contributed by atoms with Crippen molar-refractivity contribution in [3.8, 4) is 11.3 Å². The van der Waals surface area contributed by atoms with Crippen molar-refractivity contribution in [3.05, 3.63) is 53.9 Å². The van der Waals surface area contributed by atoms with Crippen LogP contribution in [0.15, 0.2) is 42.6 Å². The van der Waals surface area contributed by atoms with Gasteiger partial charge in [0.2, 0.25) is 0 Å². The van der Waals surface area contributed by atoms with Crippen LogP contribution in [-0.4, -0.2) is 25.7 Å². The fourth-order valence-corrected chi connectivity index (χ4v) is 1.89. The topological polar surface area (TPSA) is 67.5 Å². The van der Waals surface area contributed by atoms with E-state index in [0.717, 1.165) is 0 Å². The molecular weight excluding hydrogens is 242 g/mol. The normalized spacial score (nSPS) is 13.8. The number of hydrogen-bond acceptors (Lipinski definition) is 3. The van der Waals surface area contributed by atoms with E-state index in [2.05, 4.69) is 10.1 Å². The summed E-state index contributed by atoms with van der Waals surface area (Å²) in [6.07, 6.45) is 1.28. The molecule has 0 aliphatic carbocycles. The number of aromatic carboxylic acids is 1. The molecule has 0 unspecified atom stereocenters. The SMILES string of the molecule is [2H]C([2H])([2H])c1cc2nc(-c3ccccc3)c(C(=O)O)cn2n1. The highest BCUT2D eigenvalue weighted by Gasteiger charge is 2.15. The monoisotopic (exact) mass is 256 g/mol. The first kappa shape index (κ1) is 8.42. The molecule has 0 radical (unpaired) electrons. The van der Waals surface area contributed by atoms with E-state index in [9.17, 15) is 9.90 Å². The number of carboxylic acid groups (broad SMARTS) is 1. The van der Waals surface area contributed by atoms with Crippen molar-refractivity contribution < 1.29 is 14.0 Å². The van der Waals surface area contributed by atoms with Crippen LogP contribution in [0.4, 0.5) is 0 Å². The maximum Gasteiger partial charge on any atom is 0.339 e. The summed E-state index contributed by atoms with van der Waals surface area (Å²) in [4.78, 5) is 15.7. The minimum Gasteiger partial charge on any atom is -0.478 e. The summed E-state index contributed by atoms with van der Waals surface area (Å²) in [6.45, 7) is -2.37. The molecule has 5 nitrogen and oxygen atoms in total. The molecule has 1 aromatic carbocycles. The average Bonchev–Trinajstić information content (AvgIpc) is 2.90. The second-order valence-electron chi connectivity index (χ2n) is 4.01. The Kier molecular flexibility index (Phi) is 1.86. The second kappa shape index (κ2) is 4.20. The Hall–Kier alpha value is -2.69. The third-order valence-electron chi connectivity index (χ3n) is 2.73. The fraction of sp³-hybridized carbons (Fsp3) is 0.0714.